The maximum atomic E-state index is 5.90. The molecule has 3 nitrogen and oxygen atoms in total. The SMILES string of the molecule is CCCC(N)CNCc1ncc(CC)s1. The first-order chi connectivity index (χ1) is 7.26. The van der Waals surface area contributed by atoms with E-state index >= 15 is 0 Å². The average Bonchev–Trinajstić information content (AvgIpc) is 2.66. The molecule has 4 heteroatoms. The Bertz CT molecular complexity index is 273. The molecule has 0 saturated carbocycles. The van der Waals surface area contributed by atoms with Gasteiger partial charge >= 0.3 is 0 Å². The third kappa shape index (κ3) is 4.73. The van der Waals surface area contributed by atoms with Crippen LogP contribution in [0.15, 0.2) is 6.20 Å². The molecule has 0 radical (unpaired) electrons. The van der Waals surface area contributed by atoms with E-state index in [4.69, 9.17) is 5.73 Å². The molecule has 3 N–H and O–H groups in total. The van der Waals surface area contributed by atoms with E-state index in [1.807, 2.05) is 6.20 Å². The van der Waals surface area contributed by atoms with E-state index in [0.29, 0.717) is 0 Å². The van der Waals surface area contributed by atoms with Crippen molar-refractivity contribution in [3.05, 3.63) is 16.1 Å². The van der Waals surface area contributed by atoms with Crippen LogP contribution in [0.4, 0.5) is 0 Å². The van der Waals surface area contributed by atoms with Crippen molar-refractivity contribution in [1.29, 1.82) is 0 Å². The Morgan fingerprint density at radius 2 is 2.33 bits per heavy atom. The summed E-state index contributed by atoms with van der Waals surface area (Å²) >= 11 is 1.78. The summed E-state index contributed by atoms with van der Waals surface area (Å²) in [7, 11) is 0. The minimum Gasteiger partial charge on any atom is -0.327 e. The predicted molar refractivity (Wildman–Crippen MR) is 66.1 cm³/mol. The second-order valence-corrected chi connectivity index (χ2v) is 4.95. The quantitative estimate of drug-likeness (QED) is 0.748. The van der Waals surface area contributed by atoms with Crippen LogP contribution in [0.1, 0.15) is 36.6 Å². The van der Waals surface area contributed by atoms with Crippen molar-refractivity contribution >= 4 is 11.3 Å². The van der Waals surface area contributed by atoms with E-state index < -0.39 is 0 Å². The lowest BCUT2D eigenvalue weighted by Crippen LogP contribution is -2.33. The molecule has 86 valence electrons. The van der Waals surface area contributed by atoms with Crippen molar-refractivity contribution in [1.82, 2.24) is 10.3 Å². The standard InChI is InChI=1S/C11H21N3S/c1-3-5-9(12)6-13-8-11-14-7-10(4-2)15-11/h7,9,13H,3-6,8,12H2,1-2H3. The van der Waals surface area contributed by atoms with Crippen LogP contribution in [0.2, 0.25) is 0 Å². The molecule has 0 spiro atoms. The molecule has 1 heterocycles. The number of hydrogen-bond donors (Lipinski definition) is 2. The average molecular weight is 227 g/mol. The molecular formula is C11H21N3S. The van der Waals surface area contributed by atoms with Gasteiger partial charge in [-0.25, -0.2) is 4.98 Å². The molecule has 1 atom stereocenters. The Kier molecular flexibility index (Phi) is 5.83. The number of aryl methyl sites for hydroxylation is 1. The zero-order chi connectivity index (χ0) is 11.1. The van der Waals surface area contributed by atoms with Crippen LogP contribution in [0.25, 0.3) is 0 Å². The van der Waals surface area contributed by atoms with Crippen LogP contribution >= 0.6 is 11.3 Å². The zero-order valence-corrected chi connectivity index (χ0v) is 10.4. The van der Waals surface area contributed by atoms with Crippen molar-refractivity contribution in [2.75, 3.05) is 6.54 Å². The highest BCUT2D eigenvalue weighted by molar-refractivity contribution is 7.11. The summed E-state index contributed by atoms with van der Waals surface area (Å²) in [6.07, 6.45) is 5.28. The second-order valence-electron chi connectivity index (χ2n) is 3.75. The Hall–Kier alpha value is -0.450. The van der Waals surface area contributed by atoms with Crippen LogP contribution in [0.5, 0.6) is 0 Å². The van der Waals surface area contributed by atoms with E-state index in [9.17, 15) is 0 Å². The van der Waals surface area contributed by atoms with Crippen LogP contribution < -0.4 is 11.1 Å². The van der Waals surface area contributed by atoms with Gasteiger partial charge in [-0.3, -0.25) is 0 Å². The Morgan fingerprint density at radius 1 is 1.53 bits per heavy atom. The normalized spacial score (nSPS) is 13.0. The van der Waals surface area contributed by atoms with E-state index in [0.717, 1.165) is 37.4 Å². The van der Waals surface area contributed by atoms with Gasteiger partial charge in [-0.1, -0.05) is 20.3 Å². The molecule has 15 heavy (non-hydrogen) atoms. The van der Waals surface area contributed by atoms with Crippen LogP contribution in [0, 0.1) is 0 Å². The van der Waals surface area contributed by atoms with Crippen LogP contribution in [-0.4, -0.2) is 17.6 Å². The van der Waals surface area contributed by atoms with Crippen LogP contribution in [-0.2, 0) is 13.0 Å². The van der Waals surface area contributed by atoms with E-state index in [-0.39, 0.29) is 6.04 Å². The number of thiazole rings is 1. The minimum atomic E-state index is 0.278. The van der Waals surface area contributed by atoms with Gasteiger partial charge < -0.3 is 11.1 Å². The highest BCUT2D eigenvalue weighted by atomic mass is 32.1. The number of nitrogens with one attached hydrogen (secondary N) is 1. The predicted octanol–water partition coefficient (Wildman–Crippen LogP) is 1.92. The lowest BCUT2D eigenvalue weighted by atomic mass is 10.2. The maximum Gasteiger partial charge on any atom is 0.107 e. The van der Waals surface area contributed by atoms with Crippen molar-refractivity contribution in [3.63, 3.8) is 0 Å². The van der Waals surface area contributed by atoms with E-state index in [1.165, 1.54) is 4.88 Å². The Balaban J connectivity index is 2.19. The number of nitrogens with two attached hydrogens (primary N) is 1. The van der Waals surface area contributed by atoms with Crippen molar-refractivity contribution in [2.24, 2.45) is 5.73 Å². The number of nitrogens with zero attached hydrogens (tertiary/aromatic N) is 1. The summed E-state index contributed by atoms with van der Waals surface area (Å²) in [4.78, 5) is 5.70. The maximum absolute atomic E-state index is 5.90. The molecule has 1 aromatic heterocycles. The monoisotopic (exact) mass is 227 g/mol. The minimum absolute atomic E-state index is 0.278. The molecular weight excluding hydrogens is 206 g/mol. The summed E-state index contributed by atoms with van der Waals surface area (Å²) in [5, 5.41) is 4.51. The first-order valence-electron chi connectivity index (χ1n) is 5.66. The molecule has 0 aliphatic carbocycles. The van der Waals surface area contributed by atoms with Gasteiger partial charge in [0.1, 0.15) is 5.01 Å². The summed E-state index contributed by atoms with van der Waals surface area (Å²) < 4.78 is 0. The molecule has 1 rings (SSSR count). The second kappa shape index (κ2) is 6.93. The van der Waals surface area contributed by atoms with E-state index in [1.54, 1.807) is 11.3 Å². The highest BCUT2D eigenvalue weighted by Gasteiger charge is 2.02. The summed E-state index contributed by atoms with van der Waals surface area (Å²) in [6.45, 7) is 6.05. The smallest absolute Gasteiger partial charge is 0.107 e. The number of aromatic nitrogens is 1. The molecule has 0 aliphatic heterocycles. The zero-order valence-electron chi connectivity index (χ0n) is 9.62. The molecule has 1 aromatic rings. The van der Waals surface area contributed by atoms with Gasteiger partial charge in [-0.15, -0.1) is 11.3 Å². The fourth-order valence-corrected chi connectivity index (χ4v) is 2.26. The van der Waals surface area contributed by atoms with Gasteiger partial charge in [0.2, 0.25) is 0 Å². The fourth-order valence-electron chi connectivity index (χ4n) is 1.43. The van der Waals surface area contributed by atoms with Gasteiger partial charge in [0.15, 0.2) is 0 Å². The molecule has 0 fully saturated rings. The molecule has 1 unspecified atom stereocenters. The van der Waals surface area contributed by atoms with Crippen LogP contribution in [0.3, 0.4) is 0 Å². The fraction of sp³-hybridized carbons (Fsp3) is 0.727. The Labute approximate surface area is 96.1 Å². The van der Waals surface area contributed by atoms with Crippen molar-refractivity contribution in [3.8, 4) is 0 Å². The molecule has 0 saturated heterocycles. The first-order valence-corrected chi connectivity index (χ1v) is 6.47. The third-order valence-electron chi connectivity index (χ3n) is 2.29. The molecule has 0 amide bonds. The largest absolute Gasteiger partial charge is 0.327 e. The first kappa shape index (κ1) is 12.6. The Morgan fingerprint density at radius 3 is 2.93 bits per heavy atom. The van der Waals surface area contributed by atoms with Gasteiger partial charge in [0.05, 0.1) is 0 Å². The third-order valence-corrected chi connectivity index (χ3v) is 3.43. The molecule has 0 bridgehead atoms. The number of hydrogen-bond acceptors (Lipinski definition) is 4. The van der Waals surface area contributed by atoms with Crippen molar-refractivity contribution in [2.45, 2.75) is 45.7 Å². The van der Waals surface area contributed by atoms with Crippen molar-refractivity contribution < 1.29 is 0 Å². The van der Waals surface area contributed by atoms with E-state index in [2.05, 4.69) is 24.1 Å². The van der Waals surface area contributed by atoms with Gasteiger partial charge in [0.25, 0.3) is 0 Å². The lowest BCUT2D eigenvalue weighted by molar-refractivity contribution is 0.538. The lowest BCUT2D eigenvalue weighted by Gasteiger charge is -2.10. The highest BCUT2D eigenvalue weighted by Crippen LogP contribution is 2.12. The topological polar surface area (TPSA) is 50.9 Å². The van der Waals surface area contributed by atoms with Gasteiger partial charge in [-0.05, 0) is 12.8 Å². The summed E-state index contributed by atoms with van der Waals surface area (Å²) in [5.74, 6) is 0. The summed E-state index contributed by atoms with van der Waals surface area (Å²) in [6, 6.07) is 0.278. The molecule has 0 aromatic carbocycles. The van der Waals surface area contributed by atoms with Gasteiger partial charge in [-0.2, -0.15) is 0 Å². The summed E-state index contributed by atoms with van der Waals surface area (Å²) in [5.41, 5.74) is 5.90. The molecule has 0 aliphatic rings. The van der Waals surface area contributed by atoms with Gasteiger partial charge in [0, 0.05) is 30.2 Å². The number of rotatable bonds is 7.